The van der Waals surface area contributed by atoms with Crippen LogP contribution >= 0.6 is 31.9 Å². The molecule has 156 valence electrons. The number of halogens is 2. The van der Waals surface area contributed by atoms with E-state index in [1.165, 1.54) is 12.8 Å². The van der Waals surface area contributed by atoms with Crippen LogP contribution in [0.5, 0.6) is 0 Å². The molecule has 1 fully saturated rings. The SMILES string of the molecule is CC1=CC(C2(C3C=CC(O)(Br)C(C)=C3)CCCC(C(C)(C)C)C2)C=CC1(O)Br. The van der Waals surface area contributed by atoms with Gasteiger partial charge in [0.2, 0.25) is 0 Å². The van der Waals surface area contributed by atoms with E-state index in [-0.39, 0.29) is 22.7 Å². The number of rotatable bonds is 2. The van der Waals surface area contributed by atoms with Crippen LogP contribution in [0.1, 0.15) is 60.3 Å². The van der Waals surface area contributed by atoms with E-state index in [2.05, 4.69) is 76.9 Å². The van der Waals surface area contributed by atoms with Gasteiger partial charge in [0.05, 0.1) is 0 Å². The summed E-state index contributed by atoms with van der Waals surface area (Å²) in [5.74, 6) is 1.17. The summed E-state index contributed by atoms with van der Waals surface area (Å²) in [4.78, 5) is 0. The second-order valence-electron chi connectivity index (χ2n) is 10.2. The first-order valence-electron chi connectivity index (χ1n) is 10.4. The maximum atomic E-state index is 10.5. The Morgan fingerprint density at radius 3 is 1.79 bits per heavy atom. The summed E-state index contributed by atoms with van der Waals surface area (Å²) in [6.45, 7) is 11.1. The van der Waals surface area contributed by atoms with Gasteiger partial charge in [0.1, 0.15) is 0 Å². The van der Waals surface area contributed by atoms with Crippen LogP contribution in [0, 0.1) is 28.6 Å². The predicted octanol–water partition coefficient (Wildman–Crippen LogP) is 6.64. The zero-order chi connectivity index (χ0) is 21.0. The molecule has 5 unspecified atom stereocenters. The van der Waals surface area contributed by atoms with Crippen molar-refractivity contribution in [2.75, 3.05) is 0 Å². The molecule has 0 aliphatic heterocycles. The minimum atomic E-state index is -1.03. The topological polar surface area (TPSA) is 40.5 Å². The van der Waals surface area contributed by atoms with Gasteiger partial charge in [-0.2, -0.15) is 0 Å². The number of hydrogen-bond donors (Lipinski definition) is 2. The van der Waals surface area contributed by atoms with Gasteiger partial charge in [0.25, 0.3) is 0 Å². The van der Waals surface area contributed by atoms with Crippen LogP contribution in [-0.4, -0.2) is 19.2 Å². The van der Waals surface area contributed by atoms with Crippen LogP contribution in [0.3, 0.4) is 0 Å². The molecule has 0 aromatic carbocycles. The minimum Gasteiger partial charge on any atom is -0.371 e. The Bertz CT molecular complexity index is 688. The van der Waals surface area contributed by atoms with Gasteiger partial charge < -0.3 is 10.2 Å². The summed E-state index contributed by atoms with van der Waals surface area (Å²) in [5, 5.41) is 21.1. The van der Waals surface area contributed by atoms with E-state index in [1.54, 1.807) is 0 Å². The molecule has 4 heteroatoms. The highest BCUT2D eigenvalue weighted by atomic mass is 79.9. The van der Waals surface area contributed by atoms with E-state index < -0.39 is 9.02 Å². The number of alkyl halides is 2. The Hall–Kier alpha value is -0.160. The molecule has 5 atom stereocenters. The molecule has 0 saturated heterocycles. The number of allylic oxidation sites excluding steroid dienone is 4. The van der Waals surface area contributed by atoms with Crippen molar-refractivity contribution in [3.05, 3.63) is 47.6 Å². The molecule has 3 aliphatic rings. The molecule has 0 amide bonds. The maximum absolute atomic E-state index is 10.5. The lowest BCUT2D eigenvalue weighted by Gasteiger charge is -2.52. The third kappa shape index (κ3) is 4.17. The first-order valence-corrected chi connectivity index (χ1v) is 12.0. The van der Waals surface area contributed by atoms with Gasteiger partial charge >= 0.3 is 0 Å². The Labute approximate surface area is 187 Å². The smallest absolute Gasteiger partial charge is 0.159 e. The maximum Gasteiger partial charge on any atom is 0.159 e. The van der Waals surface area contributed by atoms with Crippen molar-refractivity contribution in [1.29, 1.82) is 0 Å². The molecule has 0 heterocycles. The molecule has 0 aromatic rings. The molecule has 2 nitrogen and oxygen atoms in total. The third-order valence-corrected chi connectivity index (χ3v) is 9.17. The quantitative estimate of drug-likeness (QED) is 0.321. The summed E-state index contributed by atoms with van der Waals surface area (Å²) >= 11 is 6.85. The van der Waals surface area contributed by atoms with Gasteiger partial charge in [-0.1, -0.05) is 51.5 Å². The Morgan fingerprint density at radius 1 is 0.929 bits per heavy atom. The average molecular weight is 514 g/mol. The Balaban J connectivity index is 2.06. The number of aliphatic hydroxyl groups is 2. The predicted molar refractivity (Wildman–Crippen MR) is 124 cm³/mol. The highest BCUT2D eigenvalue weighted by Crippen LogP contribution is 2.58. The summed E-state index contributed by atoms with van der Waals surface area (Å²) in [6.07, 6.45) is 17.5. The van der Waals surface area contributed by atoms with Crippen LogP contribution in [0.4, 0.5) is 0 Å². The Morgan fingerprint density at radius 2 is 1.39 bits per heavy atom. The third-order valence-electron chi connectivity index (χ3n) is 7.39. The first-order chi connectivity index (χ1) is 12.8. The van der Waals surface area contributed by atoms with Crippen LogP contribution in [0.25, 0.3) is 0 Å². The van der Waals surface area contributed by atoms with Crippen molar-refractivity contribution >= 4 is 31.9 Å². The average Bonchev–Trinajstić information content (AvgIpc) is 2.59. The van der Waals surface area contributed by atoms with Gasteiger partial charge in [0, 0.05) is 11.8 Å². The van der Waals surface area contributed by atoms with Crippen molar-refractivity contribution in [1.82, 2.24) is 0 Å². The van der Waals surface area contributed by atoms with Crippen LogP contribution in [-0.2, 0) is 0 Å². The van der Waals surface area contributed by atoms with Crippen molar-refractivity contribution in [3.63, 3.8) is 0 Å². The van der Waals surface area contributed by atoms with E-state index in [0.29, 0.717) is 5.92 Å². The molecule has 0 aromatic heterocycles. The fraction of sp³-hybridized carbons (Fsp3) is 0.667. The lowest BCUT2D eigenvalue weighted by Crippen LogP contribution is -2.45. The lowest BCUT2D eigenvalue weighted by atomic mass is 9.52. The molecule has 3 aliphatic carbocycles. The molecule has 3 rings (SSSR count). The summed E-state index contributed by atoms with van der Waals surface area (Å²) in [6, 6.07) is 0. The molecular formula is C24H34Br2O2. The van der Waals surface area contributed by atoms with E-state index in [9.17, 15) is 10.2 Å². The van der Waals surface area contributed by atoms with Crippen LogP contribution < -0.4 is 0 Å². The summed E-state index contributed by atoms with van der Waals surface area (Å²) < 4.78 is -2.07. The molecule has 0 radical (unpaired) electrons. The standard InChI is InChI=1S/C24H34Br2O2/c1-16-13-18(8-11-23(16,25)27)22(10-6-7-20(15-22)21(3,4)5)19-9-12-24(26,28)17(2)14-19/h8-9,11-14,18-20,27-28H,6-7,10,15H2,1-5H3. The molecule has 0 spiro atoms. The zero-order valence-electron chi connectivity index (χ0n) is 17.7. The fourth-order valence-electron chi connectivity index (χ4n) is 5.23. The summed E-state index contributed by atoms with van der Waals surface area (Å²) in [5.41, 5.74) is 2.23. The molecule has 0 bridgehead atoms. The van der Waals surface area contributed by atoms with Crippen molar-refractivity contribution < 1.29 is 10.2 Å². The van der Waals surface area contributed by atoms with Gasteiger partial charge in [-0.3, -0.25) is 0 Å². The van der Waals surface area contributed by atoms with Crippen LogP contribution in [0.15, 0.2) is 47.6 Å². The van der Waals surface area contributed by atoms with E-state index >= 15 is 0 Å². The zero-order valence-corrected chi connectivity index (χ0v) is 20.8. The molecule has 28 heavy (non-hydrogen) atoms. The highest BCUT2D eigenvalue weighted by Gasteiger charge is 2.49. The van der Waals surface area contributed by atoms with Gasteiger partial charge in [-0.25, -0.2) is 0 Å². The van der Waals surface area contributed by atoms with E-state index in [1.807, 2.05) is 26.0 Å². The molecular weight excluding hydrogens is 480 g/mol. The monoisotopic (exact) mass is 512 g/mol. The molecule has 1 saturated carbocycles. The van der Waals surface area contributed by atoms with Crippen molar-refractivity contribution in [2.45, 2.75) is 69.3 Å². The van der Waals surface area contributed by atoms with Gasteiger partial charge in [-0.15, -0.1) is 0 Å². The first kappa shape index (κ1) is 22.5. The fourth-order valence-corrected chi connectivity index (χ4v) is 5.80. The second kappa shape index (κ2) is 7.51. The van der Waals surface area contributed by atoms with Crippen molar-refractivity contribution in [3.8, 4) is 0 Å². The minimum absolute atomic E-state index is 0.0543. The van der Waals surface area contributed by atoms with Gasteiger partial charge in [0.15, 0.2) is 9.02 Å². The van der Waals surface area contributed by atoms with Gasteiger partial charge in [-0.05, 0) is 105 Å². The van der Waals surface area contributed by atoms with E-state index in [4.69, 9.17) is 0 Å². The molecule has 2 N–H and O–H groups in total. The highest BCUT2D eigenvalue weighted by molar-refractivity contribution is 9.10. The number of hydrogen-bond acceptors (Lipinski definition) is 2. The normalized spacial score (nSPS) is 44.2. The van der Waals surface area contributed by atoms with Crippen molar-refractivity contribution in [2.24, 2.45) is 28.6 Å². The Kier molecular flexibility index (Phi) is 6.04. The van der Waals surface area contributed by atoms with E-state index in [0.717, 1.165) is 24.0 Å². The summed E-state index contributed by atoms with van der Waals surface area (Å²) in [7, 11) is 0. The second-order valence-corrected chi connectivity index (χ2v) is 12.6. The lowest BCUT2D eigenvalue weighted by molar-refractivity contribution is 0.0281. The largest absolute Gasteiger partial charge is 0.371 e. The van der Waals surface area contributed by atoms with Crippen LogP contribution in [0.2, 0.25) is 0 Å².